The molecule has 0 N–H and O–H groups in total. The van der Waals surface area contributed by atoms with Crippen molar-refractivity contribution in [2.75, 3.05) is 25.5 Å². The van der Waals surface area contributed by atoms with E-state index in [1.807, 2.05) is 68.7 Å². The number of halogens is 1. The van der Waals surface area contributed by atoms with Crippen molar-refractivity contribution in [2.45, 2.75) is 17.9 Å². The summed E-state index contributed by atoms with van der Waals surface area (Å²) < 4.78 is 0. The Bertz CT molecular complexity index is 804. The van der Waals surface area contributed by atoms with E-state index in [1.54, 1.807) is 16.7 Å². The van der Waals surface area contributed by atoms with Gasteiger partial charge in [0.05, 0.1) is 5.69 Å². The number of fused-ring (bicyclic) bond motifs is 1. The first-order valence-corrected chi connectivity index (χ1v) is 9.39. The van der Waals surface area contributed by atoms with Crippen LogP contribution in [0.1, 0.15) is 12.5 Å². The van der Waals surface area contributed by atoms with Gasteiger partial charge in [0.1, 0.15) is 5.03 Å². The molecule has 0 saturated heterocycles. The molecule has 0 fully saturated rings. The molecule has 3 nitrogen and oxygen atoms in total. The van der Waals surface area contributed by atoms with Crippen LogP contribution < -0.4 is 4.90 Å². The third-order valence-corrected chi connectivity index (χ3v) is 6.04. The minimum atomic E-state index is -0.147. The van der Waals surface area contributed by atoms with E-state index in [9.17, 15) is 4.79 Å². The van der Waals surface area contributed by atoms with Crippen LogP contribution in [0.3, 0.4) is 0 Å². The van der Waals surface area contributed by atoms with E-state index in [0.717, 1.165) is 21.1 Å². The number of anilines is 1. The Labute approximate surface area is 158 Å². The molecule has 1 atom stereocenters. The summed E-state index contributed by atoms with van der Waals surface area (Å²) in [5.41, 5.74) is 1.87. The molecule has 1 aliphatic rings. The van der Waals surface area contributed by atoms with E-state index in [2.05, 4.69) is 11.8 Å². The fourth-order valence-electron chi connectivity index (χ4n) is 2.63. The lowest BCUT2D eigenvalue weighted by atomic mass is 10.2. The molecule has 0 bridgehead atoms. The van der Waals surface area contributed by atoms with Gasteiger partial charge in [0, 0.05) is 22.4 Å². The number of benzene rings is 2. The first-order chi connectivity index (χ1) is 12.0. The molecule has 1 unspecified atom stereocenters. The number of nitrogens with zero attached hydrogens (tertiary/aromatic N) is 2. The highest BCUT2D eigenvalue weighted by Crippen LogP contribution is 2.45. The van der Waals surface area contributed by atoms with Crippen molar-refractivity contribution in [3.05, 3.63) is 65.2 Å². The van der Waals surface area contributed by atoms with Crippen LogP contribution in [0, 0.1) is 0 Å². The zero-order valence-corrected chi connectivity index (χ0v) is 16.1. The average molecular weight is 373 g/mol. The fraction of sp³-hybridized carbons (Fsp3) is 0.250. The maximum atomic E-state index is 13.2. The maximum absolute atomic E-state index is 13.2. The minimum Gasteiger partial charge on any atom is -0.305 e. The molecule has 0 radical (unpaired) electrons. The Morgan fingerprint density at radius 3 is 2.40 bits per heavy atom. The number of rotatable bonds is 4. The minimum absolute atomic E-state index is 0.147. The van der Waals surface area contributed by atoms with Gasteiger partial charge in [-0.05, 0) is 38.7 Å². The van der Waals surface area contributed by atoms with E-state index in [-0.39, 0.29) is 17.0 Å². The summed E-state index contributed by atoms with van der Waals surface area (Å²) in [6.45, 7) is 2.69. The molecular formula is C20H21ClN2OS. The summed E-state index contributed by atoms with van der Waals surface area (Å²) in [5.74, 6) is -0.147. The average Bonchev–Trinajstić information content (AvgIpc) is 2.73. The molecule has 5 heteroatoms. The van der Waals surface area contributed by atoms with Crippen molar-refractivity contribution >= 4 is 39.9 Å². The van der Waals surface area contributed by atoms with E-state index in [1.165, 1.54) is 0 Å². The number of hydrogen-bond acceptors (Lipinski definition) is 3. The quantitative estimate of drug-likeness (QED) is 0.778. The van der Waals surface area contributed by atoms with Crippen molar-refractivity contribution in [1.29, 1.82) is 0 Å². The molecular weight excluding hydrogens is 352 g/mol. The molecule has 1 aliphatic heterocycles. The monoisotopic (exact) mass is 372 g/mol. The van der Waals surface area contributed by atoms with E-state index >= 15 is 0 Å². The van der Waals surface area contributed by atoms with Gasteiger partial charge in [-0.1, -0.05) is 65.8 Å². The van der Waals surface area contributed by atoms with Gasteiger partial charge >= 0.3 is 0 Å². The Balaban J connectivity index is 2.09. The van der Waals surface area contributed by atoms with E-state index < -0.39 is 0 Å². The molecule has 25 heavy (non-hydrogen) atoms. The predicted molar refractivity (Wildman–Crippen MR) is 107 cm³/mol. The second-order valence-electron chi connectivity index (χ2n) is 6.31. The molecule has 0 aliphatic carbocycles. The third-order valence-electron chi connectivity index (χ3n) is 4.36. The molecule has 0 spiro atoms. The Hall–Kier alpha value is -1.75. The van der Waals surface area contributed by atoms with Gasteiger partial charge in [0.15, 0.2) is 0 Å². The van der Waals surface area contributed by atoms with Gasteiger partial charge < -0.3 is 9.80 Å². The lowest BCUT2D eigenvalue weighted by Crippen LogP contribution is -2.42. The second kappa shape index (κ2) is 7.65. The lowest BCUT2D eigenvalue weighted by Gasteiger charge is -2.29. The summed E-state index contributed by atoms with van der Waals surface area (Å²) in [6.07, 6.45) is 0. The zero-order chi connectivity index (χ0) is 18.0. The number of likely N-dealkylation sites (N-methyl/N-ethyl adjacent to an activating group) is 1. The van der Waals surface area contributed by atoms with Gasteiger partial charge in [-0.15, -0.1) is 0 Å². The highest BCUT2D eigenvalue weighted by Gasteiger charge is 2.30. The molecule has 130 valence electrons. The van der Waals surface area contributed by atoms with Crippen LogP contribution >= 0.6 is 23.4 Å². The van der Waals surface area contributed by atoms with Crippen LogP contribution in [0.4, 0.5) is 5.69 Å². The highest BCUT2D eigenvalue weighted by molar-refractivity contribution is 8.08. The molecule has 2 aromatic rings. The van der Waals surface area contributed by atoms with Gasteiger partial charge in [-0.2, -0.15) is 0 Å². The largest absolute Gasteiger partial charge is 0.305 e. The smallest absolute Gasteiger partial charge is 0.271 e. The van der Waals surface area contributed by atoms with Gasteiger partial charge in [0.25, 0.3) is 5.91 Å². The molecule has 0 aromatic heterocycles. The number of amides is 1. The standard InChI is InChI=1S/C20H21ClN2OS/c1-14(22(2)3)13-23-16-11-7-8-12-17(16)25-19(18(21)20(23)24)15-9-5-4-6-10-15/h4-12,14H,13H2,1-3H3. The van der Waals surface area contributed by atoms with Crippen LogP contribution in [0.25, 0.3) is 4.91 Å². The van der Waals surface area contributed by atoms with Crippen molar-refractivity contribution < 1.29 is 4.79 Å². The van der Waals surface area contributed by atoms with Crippen molar-refractivity contribution in [2.24, 2.45) is 0 Å². The molecule has 1 amide bonds. The lowest BCUT2D eigenvalue weighted by molar-refractivity contribution is -0.114. The Morgan fingerprint density at radius 1 is 1.08 bits per heavy atom. The first-order valence-electron chi connectivity index (χ1n) is 8.19. The first kappa shape index (κ1) is 18.1. The fourth-order valence-corrected chi connectivity index (χ4v) is 4.04. The summed E-state index contributed by atoms with van der Waals surface area (Å²) in [7, 11) is 4.03. The number of hydrogen-bond donors (Lipinski definition) is 0. The predicted octanol–water partition coefficient (Wildman–Crippen LogP) is 4.68. The number of para-hydroxylation sites is 1. The van der Waals surface area contributed by atoms with E-state index in [4.69, 9.17) is 11.6 Å². The Kier molecular flexibility index (Phi) is 5.52. The number of carbonyl (C=O) groups excluding carboxylic acids is 1. The van der Waals surface area contributed by atoms with Crippen LogP contribution in [-0.2, 0) is 4.79 Å². The third kappa shape index (κ3) is 3.76. The Morgan fingerprint density at radius 2 is 1.72 bits per heavy atom. The van der Waals surface area contributed by atoms with Crippen molar-refractivity contribution in [3.63, 3.8) is 0 Å². The van der Waals surface area contributed by atoms with Crippen molar-refractivity contribution in [1.82, 2.24) is 4.90 Å². The second-order valence-corrected chi connectivity index (χ2v) is 7.74. The van der Waals surface area contributed by atoms with Crippen LogP contribution in [0.15, 0.2) is 64.5 Å². The van der Waals surface area contributed by atoms with E-state index in [0.29, 0.717) is 6.54 Å². The normalized spacial score (nSPS) is 16.0. The number of thioether (sulfide) groups is 1. The molecule has 1 heterocycles. The van der Waals surface area contributed by atoms with Crippen LogP contribution in [0.2, 0.25) is 0 Å². The summed E-state index contributed by atoms with van der Waals surface area (Å²) in [6, 6.07) is 18.0. The van der Waals surface area contributed by atoms with Crippen molar-refractivity contribution in [3.8, 4) is 0 Å². The molecule has 0 saturated carbocycles. The number of carbonyl (C=O) groups is 1. The maximum Gasteiger partial charge on any atom is 0.271 e. The zero-order valence-electron chi connectivity index (χ0n) is 14.6. The summed E-state index contributed by atoms with van der Waals surface area (Å²) >= 11 is 8.13. The van der Waals surface area contributed by atoms with Gasteiger partial charge in [0.2, 0.25) is 0 Å². The molecule has 2 aromatic carbocycles. The topological polar surface area (TPSA) is 23.6 Å². The summed E-state index contributed by atoms with van der Waals surface area (Å²) in [4.78, 5) is 18.9. The SMILES string of the molecule is CC(CN1C(=O)C(Cl)=C(c2ccccc2)Sc2ccccc21)N(C)C. The van der Waals surface area contributed by atoms with Gasteiger partial charge in [-0.25, -0.2) is 0 Å². The van der Waals surface area contributed by atoms with Crippen LogP contribution in [0.5, 0.6) is 0 Å². The summed E-state index contributed by atoms with van der Waals surface area (Å²) in [5, 5.41) is 0.276. The highest BCUT2D eigenvalue weighted by atomic mass is 35.5. The van der Waals surface area contributed by atoms with Gasteiger partial charge in [-0.3, -0.25) is 4.79 Å². The molecule has 3 rings (SSSR count). The van der Waals surface area contributed by atoms with Crippen LogP contribution in [-0.4, -0.2) is 37.5 Å².